The number of esters is 1. The van der Waals surface area contributed by atoms with Crippen LogP contribution in [0.3, 0.4) is 0 Å². The number of hydrogen-bond acceptors (Lipinski definition) is 7. The van der Waals surface area contributed by atoms with Crippen molar-refractivity contribution in [2.75, 3.05) is 5.32 Å². The first-order valence-corrected chi connectivity index (χ1v) is 9.66. The molecule has 3 rings (SSSR count). The monoisotopic (exact) mass is 413 g/mol. The van der Waals surface area contributed by atoms with E-state index in [4.69, 9.17) is 9.15 Å². The van der Waals surface area contributed by atoms with E-state index in [0.29, 0.717) is 10.8 Å². The third-order valence-electron chi connectivity index (χ3n) is 3.81. The number of benzene rings is 1. The van der Waals surface area contributed by atoms with Gasteiger partial charge in [-0.15, -0.1) is 11.3 Å². The molecule has 1 aromatic carbocycles. The Morgan fingerprint density at radius 3 is 2.66 bits per heavy atom. The molecule has 3 aromatic rings. The number of nitrogens with zero attached hydrogens (tertiary/aromatic N) is 1. The van der Waals surface area contributed by atoms with Crippen molar-refractivity contribution in [3.8, 4) is 0 Å². The highest BCUT2D eigenvalue weighted by molar-refractivity contribution is 7.13. The largest absolute Gasteiger partial charge is 0.459 e. The fourth-order valence-corrected chi connectivity index (χ4v) is 3.25. The van der Waals surface area contributed by atoms with Crippen molar-refractivity contribution < 1.29 is 23.5 Å². The van der Waals surface area contributed by atoms with E-state index in [9.17, 15) is 14.4 Å². The van der Waals surface area contributed by atoms with Crippen molar-refractivity contribution >= 4 is 34.3 Å². The number of nitrogens with one attached hydrogen (secondary N) is 2. The Morgan fingerprint density at radius 1 is 1.17 bits per heavy atom. The second kappa shape index (κ2) is 9.65. The van der Waals surface area contributed by atoms with Gasteiger partial charge in [-0.25, -0.2) is 9.78 Å². The zero-order chi connectivity index (χ0) is 20.6. The molecule has 0 spiro atoms. The average molecular weight is 413 g/mol. The van der Waals surface area contributed by atoms with Crippen molar-refractivity contribution in [2.24, 2.45) is 0 Å². The standard InChI is InChI=1S/C20H19N3O5S/c1-13(24)21-20-22-15(12-29-20)11-28-19(26)16(10-14-6-3-2-4-7-14)23-18(25)17-8-5-9-27-17/h2-9,12,16H,10-11H2,1H3,(H,23,25)(H,21,22,24). The minimum absolute atomic E-state index is 0.0726. The summed E-state index contributed by atoms with van der Waals surface area (Å²) in [5, 5.41) is 7.34. The first kappa shape index (κ1) is 20.3. The molecule has 0 aliphatic heterocycles. The second-order valence-corrected chi connectivity index (χ2v) is 6.98. The van der Waals surface area contributed by atoms with Crippen molar-refractivity contribution in [3.63, 3.8) is 0 Å². The molecule has 0 saturated heterocycles. The van der Waals surface area contributed by atoms with Crippen molar-refractivity contribution in [1.29, 1.82) is 0 Å². The van der Waals surface area contributed by atoms with Crippen LogP contribution in [-0.4, -0.2) is 28.8 Å². The van der Waals surface area contributed by atoms with Gasteiger partial charge < -0.3 is 19.8 Å². The van der Waals surface area contributed by atoms with Gasteiger partial charge in [0.1, 0.15) is 12.6 Å². The number of amides is 2. The molecule has 150 valence electrons. The third kappa shape index (κ3) is 6.01. The number of carbonyl (C=O) groups is 3. The summed E-state index contributed by atoms with van der Waals surface area (Å²) in [7, 11) is 0. The van der Waals surface area contributed by atoms with Gasteiger partial charge in [0.05, 0.1) is 12.0 Å². The van der Waals surface area contributed by atoms with Crippen molar-refractivity contribution in [2.45, 2.75) is 26.0 Å². The summed E-state index contributed by atoms with van der Waals surface area (Å²) >= 11 is 1.23. The minimum atomic E-state index is -0.900. The lowest BCUT2D eigenvalue weighted by Gasteiger charge is -2.17. The number of rotatable bonds is 8. The molecule has 0 saturated carbocycles. The number of anilines is 1. The summed E-state index contributed by atoms with van der Waals surface area (Å²) in [6.07, 6.45) is 1.65. The topological polar surface area (TPSA) is 111 Å². The van der Waals surface area contributed by atoms with Crippen LogP contribution in [0.1, 0.15) is 28.7 Å². The predicted molar refractivity (Wildman–Crippen MR) is 106 cm³/mol. The van der Waals surface area contributed by atoms with E-state index in [1.807, 2.05) is 30.3 Å². The maximum atomic E-state index is 12.6. The average Bonchev–Trinajstić information content (AvgIpc) is 3.38. The van der Waals surface area contributed by atoms with E-state index >= 15 is 0 Å². The molecular weight excluding hydrogens is 394 g/mol. The van der Waals surface area contributed by atoms with Crippen LogP contribution >= 0.6 is 11.3 Å². The summed E-state index contributed by atoms with van der Waals surface area (Å²) in [5.74, 6) is -1.22. The Bertz CT molecular complexity index is 969. The van der Waals surface area contributed by atoms with Gasteiger partial charge in [0.2, 0.25) is 5.91 Å². The predicted octanol–water partition coefficient (Wildman–Crippen LogP) is 2.78. The molecule has 0 bridgehead atoms. The number of aromatic nitrogens is 1. The molecule has 8 nitrogen and oxygen atoms in total. The van der Waals surface area contributed by atoms with Gasteiger partial charge in [-0.2, -0.15) is 0 Å². The molecule has 0 radical (unpaired) electrons. The lowest BCUT2D eigenvalue weighted by Crippen LogP contribution is -2.43. The maximum absolute atomic E-state index is 12.6. The number of thiazole rings is 1. The van der Waals surface area contributed by atoms with E-state index in [1.165, 1.54) is 30.6 Å². The number of ether oxygens (including phenoxy) is 1. The van der Waals surface area contributed by atoms with Gasteiger partial charge in [-0.1, -0.05) is 30.3 Å². The smallest absolute Gasteiger partial charge is 0.329 e. The fraction of sp³-hybridized carbons (Fsp3) is 0.200. The Kier molecular flexibility index (Phi) is 6.75. The van der Waals surface area contributed by atoms with Crippen molar-refractivity contribution in [1.82, 2.24) is 10.3 Å². The van der Waals surface area contributed by atoms with E-state index in [-0.39, 0.29) is 24.7 Å². The van der Waals surface area contributed by atoms with E-state index < -0.39 is 17.9 Å². The lowest BCUT2D eigenvalue weighted by molar-refractivity contribution is -0.147. The van der Waals surface area contributed by atoms with Crippen LogP contribution in [0.4, 0.5) is 5.13 Å². The molecule has 0 aliphatic carbocycles. The molecule has 0 aliphatic rings. The number of carbonyl (C=O) groups excluding carboxylic acids is 3. The molecule has 2 aromatic heterocycles. The number of furan rings is 1. The van der Waals surface area contributed by atoms with E-state index in [0.717, 1.165) is 5.56 Å². The quantitative estimate of drug-likeness (QED) is 0.550. The van der Waals surface area contributed by atoms with E-state index in [2.05, 4.69) is 15.6 Å². The highest BCUT2D eigenvalue weighted by atomic mass is 32.1. The molecule has 2 N–H and O–H groups in total. The van der Waals surface area contributed by atoms with Crippen LogP contribution in [0.5, 0.6) is 0 Å². The van der Waals surface area contributed by atoms with Crippen LogP contribution in [-0.2, 0) is 27.4 Å². The summed E-state index contributed by atoms with van der Waals surface area (Å²) in [5.41, 5.74) is 1.37. The second-order valence-electron chi connectivity index (χ2n) is 6.13. The minimum Gasteiger partial charge on any atom is -0.459 e. The highest BCUT2D eigenvalue weighted by Gasteiger charge is 2.24. The van der Waals surface area contributed by atoms with Crippen LogP contribution in [0, 0.1) is 0 Å². The molecule has 29 heavy (non-hydrogen) atoms. The molecule has 2 amide bonds. The first-order valence-electron chi connectivity index (χ1n) is 8.78. The Labute approximate surface area is 170 Å². The fourth-order valence-electron chi connectivity index (χ4n) is 2.51. The van der Waals surface area contributed by atoms with Crippen LogP contribution in [0.2, 0.25) is 0 Å². The van der Waals surface area contributed by atoms with Crippen LogP contribution in [0.15, 0.2) is 58.5 Å². The van der Waals surface area contributed by atoms with Gasteiger partial charge in [0.25, 0.3) is 5.91 Å². The van der Waals surface area contributed by atoms with Gasteiger partial charge in [-0.3, -0.25) is 9.59 Å². The Hall–Kier alpha value is -3.46. The zero-order valence-electron chi connectivity index (χ0n) is 15.6. The normalized spacial score (nSPS) is 11.5. The molecule has 1 unspecified atom stereocenters. The summed E-state index contributed by atoms with van der Waals surface area (Å²) in [6.45, 7) is 1.31. The molecule has 0 fully saturated rings. The van der Waals surface area contributed by atoms with Crippen LogP contribution in [0.25, 0.3) is 0 Å². The van der Waals surface area contributed by atoms with Gasteiger partial charge in [-0.05, 0) is 17.7 Å². The summed E-state index contributed by atoms with van der Waals surface area (Å²) in [6, 6.07) is 11.5. The van der Waals surface area contributed by atoms with Gasteiger partial charge in [0.15, 0.2) is 10.9 Å². The summed E-state index contributed by atoms with van der Waals surface area (Å²) in [4.78, 5) is 40.2. The summed E-state index contributed by atoms with van der Waals surface area (Å²) < 4.78 is 10.4. The number of hydrogen-bond donors (Lipinski definition) is 2. The van der Waals surface area contributed by atoms with Crippen molar-refractivity contribution in [3.05, 3.63) is 71.1 Å². The first-order chi connectivity index (χ1) is 14.0. The maximum Gasteiger partial charge on any atom is 0.329 e. The lowest BCUT2D eigenvalue weighted by atomic mass is 10.1. The Balaban J connectivity index is 1.65. The molecule has 2 heterocycles. The molecule has 9 heteroatoms. The third-order valence-corrected chi connectivity index (χ3v) is 4.62. The molecular formula is C20H19N3O5S. The SMILES string of the molecule is CC(=O)Nc1nc(COC(=O)C(Cc2ccccc2)NC(=O)c2ccco2)cs1. The van der Waals surface area contributed by atoms with Crippen LogP contribution < -0.4 is 10.6 Å². The molecule has 1 atom stereocenters. The van der Waals surface area contributed by atoms with E-state index in [1.54, 1.807) is 11.4 Å². The van der Waals surface area contributed by atoms with Gasteiger partial charge >= 0.3 is 5.97 Å². The van der Waals surface area contributed by atoms with Gasteiger partial charge in [0, 0.05) is 18.7 Å². The highest BCUT2D eigenvalue weighted by Crippen LogP contribution is 2.16. The Morgan fingerprint density at radius 2 is 1.97 bits per heavy atom. The zero-order valence-corrected chi connectivity index (χ0v) is 16.4.